The lowest BCUT2D eigenvalue weighted by atomic mass is 10.2. The maximum absolute atomic E-state index is 13.9. The minimum absolute atomic E-state index is 0.0533. The van der Waals surface area contributed by atoms with Gasteiger partial charge in [0.25, 0.3) is 0 Å². The van der Waals surface area contributed by atoms with Gasteiger partial charge >= 0.3 is 0 Å². The van der Waals surface area contributed by atoms with Crippen LogP contribution in [-0.2, 0) is 6.42 Å². The maximum atomic E-state index is 13.9. The molecule has 0 radical (unpaired) electrons. The summed E-state index contributed by atoms with van der Waals surface area (Å²) in [7, 11) is 0. The van der Waals surface area contributed by atoms with Crippen LogP contribution in [0.25, 0.3) is 5.69 Å². The first-order valence-electron chi connectivity index (χ1n) is 6.03. The molecule has 0 bridgehead atoms. The fourth-order valence-electron chi connectivity index (χ4n) is 1.51. The Morgan fingerprint density at radius 3 is 2.76 bits per heavy atom. The van der Waals surface area contributed by atoms with Gasteiger partial charge in [0.05, 0.1) is 23.3 Å². The monoisotopic (exact) mass is 283 g/mol. The molecule has 0 saturated heterocycles. The van der Waals surface area contributed by atoms with E-state index in [1.807, 2.05) is 6.92 Å². The van der Waals surface area contributed by atoms with E-state index in [-0.39, 0.29) is 11.4 Å². The second-order valence-electron chi connectivity index (χ2n) is 3.97. The van der Waals surface area contributed by atoms with Crippen molar-refractivity contribution >= 4 is 11.4 Å². The molecule has 21 heavy (non-hydrogen) atoms. The molecule has 0 aliphatic rings. The minimum Gasteiger partial charge on any atom is -0.274 e. The number of hydrazone groups is 1. The van der Waals surface area contributed by atoms with Crippen molar-refractivity contribution in [3.63, 3.8) is 0 Å². The highest BCUT2D eigenvalue weighted by atomic mass is 19.1. The van der Waals surface area contributed by atoms with E-state index in [4.69, 9.17) is 10.5 Å². The predicted octanol–water partition coefficient (Wildman–Crippen LogP) is 1.78. The van der Waals surface area contributed by atoms with E-state index < -0.39 is 5.82 Å². The largest absolute Gasteiger partial charge is 0.274 e. The number of nitriles is 2. The lowest BCUT2D eigenvalue weighted by molar-refractivity contribution is 0.627. The van der Waals surface area contributed by atoms with Crippen LogP contribution in [0.2, 0.25) is 0 Å². The summed E-state index contributed by atoms with van der Waals surface area (Å²) in [6.45, 7) is 1.95. The molecule has 1 aromatic heterocycles. The predicted molar refractivity (Wildman–Crippen MR) is 73.0 cm³/mol. The third-order valence-electron chi connectivity index (χ3n) is 2.62. The SMILES string of the molecule is CCc1cn(-c2ccc(NN=C(C#N)C#N)c(F)c2)nn1. The third-order valence-corrected chi connectivity index (χ3v) is 2.62. The summed E-state index contributed by atoms with van der Waals surface area (Å²) in [6.07, 6.45) is 2.45. The van der Waals surface area contributed by atoms with E-state index in [2.05, 4.69) is 20.8 Å². The summed E-state index contributed by atoms with van der Waals surface area (Å²) in [5.74, 6) is -0.583. The van der Waals surface area contributed by atoms with Crippen LogP contribution >= 0.6 is 0 Å². The summed E-state index contributed by atoms with van der Waals surface area (Å²) >= 11 is 0. The third kappa shape index (κ3) is 3.19. The lowest BCUT2D eigenvalue weighted by Gasteiger charge is -2.05. The first-order valence-corrected chi connectivity index (χ1v) is 6.03. The van der Waals surface area contributed by atoms with Crippen LogP contribution in [0.1, 0.15) is 12.6 Å². The van der Waals surface area contributed by atoms with Gasteiger partial charge in [-0.1, -0.05) is 12.1 Å². The van der Waals surface area contributed by atoms with Gasteiger partial charge in [0, 0.05) is 6.07 Å². The van der Waals surface area contributed by atoms with Crippen LogP contribution in [0.5, 0.6) is 0 Å². The van der Waals surface area contributed by atoms with Crippen molar-refractivity contribution in [2.24, 2.45) is 5.10 Å². The molecule has 104 valence electrons. The molecule has 0 atom stereocenters. The van der Waals surface area contributed by atoms with Crippen molar-refractivity contribution in [1.29, 1.82) is 10.5 Å². The Labute approximate surface area is 119 Å². The highest BCUT2D eigenvalue weighted by Crippen LogP contribution is 2.18. The summed E-state index contributed by atoms with van der Waals surface area (Å²) in [5.41, 5.74) is 3.31. The molecular weight excluding hydrogens is 273 g/mol. The van der Waals surface area contributed by atoms with E-state index >= 15 is 0 Å². The molecule has 0 amide bonds. The van der Waals surface area contributed by atoms with Gasteiger partial charge in [0.1, 0.15) is 18.0 Å². The number of nitrogens with one attached hydrogen (secondary N) is 1. The molecule has 0 saturated carbocycles. The molecule has 1 N–H and O–H groups in total. The Morgan fingerprint density at radius 1 is 1.43 bits per heavy atom. The Balaban J connectivity index is 2.24. The first-order chi connectivity index (χ1) is 10.2. The maximum Gasteiger partial charge on any atom is 0.237 e. The summed E-state index contributed by atoms with van der Waals surface area (Å²) < 4.78 is 15.4. The highest BCUT2D eigenvalue weighted by Gasteiger charge is 2.07. The molecular formula is C13H10FN7. The van der Waals surface area contributed by atoms with Gasteiger partial charge in [-0.05, 0) is 18.6 Å². The van der Waals surface area contributed by atoms with Gasteiger partial charge < -0.3 is 0 Å². The number of halogens is 1. The van der Waals surface area contributed by atoms with Crippen LogP contribution in [0.15, 0.2) is 29.5 Å². The molecule has 2 rings (SSSR count). The molecule has 8 heteroatoms. The number of hydrogen-bond donors (Lipinski definition) is 1. The van der Waals surface area contributed by atoms with Gasteiger partial charge in [0.2, 0.25) is 5.71 Å². The van der Waals surface area contributed by atoms with E-state index in [0.29, 0.717) is 5.69 Å². The van der Waals surface area contributed by atoms with E-state index in [9.17, 15) is 4.39 Å². The fraction of sp³-hybridized carbons (Fsp3) is 0.154. The van der Waals surface area contributed by atoms with Gasteiger partial charge in [-0.15, -0.1) is 5.10 Å². The molecule has 0 unspecified atom stereocenters. The van der Waals surface area contributed by atoms with Crippen LogP contribution in [-0.4, -0.2) is 20.7 Å². The molecule has 1 aromatic carbocycles. The standard InChI is InChI=1S/C13H10FN7/c1-2-9-8-21(20-18-9)11-3-4-13(12(14)5-11)19-17-10(6-15)7-16/h3-5,8,19H,2H2,1H3. The summed E-state index contributed by atoms with van der Waals surface area (Å²) in [6, 6.07) is 7.45. The average Bonchev–Trinajstić information content (AvgIpc) is 2.98. The summed E-state index contributed by atoms with van der Waals surface area (Å²) in [4.78, 5) is 0. The Morgan fingerprint density at radius 2 is 2.19 bits per heavy atom. The van der Waals surface area contributed by atoms with Gasteiger partial charge in [0.15, 0.2) is 0 Å². The first kappa shape index (κ1) is 14.2. The molecule has 0 fully saturated rings. The molecule has 7 nitrogen and oxygen atoms in total. The number of anilines is 1. The van der Waals surface area contributed by atoms with Crippen molar-refractivity contribution in [1.82, 2.24) is 15.0 Å². The van der Waals surface area contributed by atoms with E-state index in [1.54, 1.807) is 24.4 Å². The van der Waals surface area contributed by atoms with Crippen LogP contribution < -0.4 is 5.43 Å². The van der Waals surface area contributed by atoms with Gasteiger partial charge in [-0.25, -0.2) is 9.07 Å². The molecule has 0 aliphatic carbocycles. The topological polar surface area (TPSA) is 103 Å². The Kier molecular flexibility index (Phi) is 4.22. The second-order valence-corrected chi connectivity index (χ2v) is 3.97. The number of nitrogens with zero attached hydrogens (tertiary/aromatic N) is 6. The second kappa shape index (κ2) is 6.26. The fourth-order valence-corrected chi connectivity index (χ4v) is 1.51. The van der Waals surface area contributed by atoms with Gasteiger partial charge in [-0.2, -0.15) is 15.6 Å². The Bertz CT molecular complexity index is 748. The molecule has 2 aromatic rings. The number of benzene rings is 1. The highest BCUT2D eigenvalue weighted by molar-refractivity contribution is 6.10. The van der Waals surface area contributed by atoms with Crippen molar-refractivity contribution in [2.45, 2.75) is 13.3 Å². The zero-order chi connectivity index (χ0) is 15.2. The smallest absolute Gasteiger partial charge is 0.237 e. The summed E-state index contributed by atoms with van der Waals surface area (Å²) in [5, 5.41) is 28.4. The zero-order valence-electron chi connectivity index (χ0n) is 11.1. The lowest BCUT2D eigenvalue weighted by Crippen LogP contribution is -2.00. The van der Waals surface area contributed by atoms with E-state index in [1.165, 1.54) is 16.8 Å². The Hall–Kier alpha value is -3.26. The van der Waals surface area contributed by atoms with E-state index in [0.717, 1.165) is 12.1 Å². The molecule has 1 heterocycles. The minimum atomic E-state index is -0.583. The number of hydrogen-bond acceptors (Lipinski definition) is 6. The molecule has 0 spiro atoms. The van der Waals surface area contributed by atoms with Crippen molar-refractivity contribution in [3.05, 3.63) is 35.9 Å². The van der Waals surface area contributed by atoms with Crippen molar-refractivity contribution < 1.29 is 4.39 Å². The van der Waals surface area contributed by atoms with Crippen LogP contribution in [0.3, 0.4) is 0 Å². The quantitative estimate of drug-likeness (QED) is 0.680. The number of aromatic nitrogens is 3. The van der Waals surface area contributed by atoms with Gasteiger partial charge in [-0.3, -0.25) is 5.43 Å². The van der Waals surface area contributed by atoms with Crippen LogP contribution in [0, 0.1) is 28.5 Å². The van der Waals surface area contributed by atoms with Crippen molar-refractivity contribution in [3.8, 4) is 17.8 Å². The number of aryl methyl sites for hydroxylation is 1. The molecule has 0 aliphatic heterocycles. The van der Waals surface area contributed by atoms with Crippen LogP contribution in [0.4, 0.5) is 10.1 Å². The normalized spacial score (nSPS) is 9.52. The number of rotatable bonds is 4. The average molecular weight is 283 g/mol. The zero-order valence-corrected chi connectivity index (χ0v) is 11.1. The van der Waals surface area contributed by atoms with Crippen molar-refractivity contribution in [2.75, 3.05) is 5.43 Å².